The molecule has 0 radical (unpaired) electrons. The Morgan fingerprint density at radius 3 is 2.94 bits per heavy atom. The standard InChI is InChI=1S/C22H18ClN5O4/c1-31-17-8-7-12(23)10-14(17)21(30)25-19-11-16(18-6-3-9-32-18)27-28(19)22-24-15-5-2-4-13(15)20(29)26-22/h3,6-11H,2,4-5H2,1H3,(H,25,30)(H,24,26,29). The summed E-state index contributed by atoms with van der Waals surface area (Å²) in [5.41, 5.74) is 1.95. The third-order valence-electron chi connectivity index (χ3n) is 5.26. The molecule has 10 heteroatoms. The molecule has 1 amide bonds. The molecule has 0 saturated heterocycles. The number of aromatic amines is 1. The number of hydrogen-bond acceptors (Lipinski definition) is 6. The molecule has 0 aliphatic heterocycles. The molecular weight excluding hydrogens is 434 g/mol. The Labute approximate surface area is 187 Å². The summed E-state index contributed by atoms with van der Waals surface area (Å²) in [4.78, 5) is 33.0. The largest absolute Gasteiger partial charge is 0.496 e. The van der Waals surface area contributed by atoms with Gasteiger partial charge in [-0.1, -0.05) is 11.6 Å². The number of aryl methyl sites for hydroxylation is 1. The van der Waals surface area contributed by atoms with E-state index in [0.717, 1.165) is 18.5 Å². The predicted octanol–water partition coefficient (Wildman–Crippen LogP) is 3.62. The second-order valence-corrected chi connectivity index (χ2v) is 7.71. The first kappa shape index (κ1) is 20.1. The molecule has 0 atom stereocenters. The van der Waals surface area contributed by atoms with Crippen LogP contribution in [0.3, 0.4) is 0 Å². The number of hydrogen-bond donors (Lipinski definition) is 2. The molecule has 32 heavy (non-hydrogen) atoms. The van der Waals surface area contributed by atoms with E-state index < -0.39 is 5.91 Å². The maximum absolute atomic E-state index is 13.1. The van der Waals surface area contributed by atoms with Crippen molar-refractivity contribution in [3.8, 4) is 23.2 Å². The smallest absolute Gasteiger partial charge is 0.260 e. The minimum atomic E-state index is -0.458. The highest BCUT2D eigenvalue weighted by molar-refractivity contribution is 6.31. The molecular formula is C22H18ClN5O4. The van der Waals surface area contributed by atoms with Crippen LogP contribution in [0.2, 0.25) is 5.02 Å². The van der Waals surface area contributed by atoms with Crippen LogP contribution in [0.25, 0.3) is 17.4 Å². The lowest BCUT2D eigenvalue weighted by Crippen LogP contribution is -2.21. The predicted molar refractivity (Wildman–Crippen MR) is 118 cm³/mol. The fourth-order valence-corrected chi connectivity index (χ4v) is 3.92. The van der Waals surface area contributed by atoms with Gasteiger partial charge in [-0.15, -0.1) is 0 Å². The third-order valence-corrected chi connectivity index (χ3v) is 5.50. The number of H-pyrrole nitrogens is 1. The van der Waals surface area contributed by atoms with E-state index in [0.29, 0.717) is 40.0 Å². The maximum Gasteiger partial charge on any atom is 0.260 e. The fourth-order valence-electron chi connectivity index (χ4n) is 3.75. The van der Waals surface area contributed by atoms with E-state index in [4.69, 9.17) is 20.8 Å². The minimum absolute atomic E-state index is 0.202. The fraction of sp³-hybridized carbons (Fsp3) is 0.182. The lowest BCUT2D eigenvalue weighted by molar-refractivity contribution is 0.102. The number of amides is 1. The minimum Gasteiger partial charge on any atom is -0.496 e. The summed E-state index contributed by atoms with van der Waals surface area (Å²) in [6.45, 7) is 0. The van der Waals surface area contributed by atoms with E-state index in [1.54, 1.807) is 30.3 Å². The van der Waals surface area contributed by atoms with E-state index in [-0.39, 0.29) is 17.1 Å². The van der Waals surface area contributed by atoms with Crippen LogP contribution in [0.15, 0.2) is 51.9 Å². The molecule has 1 aliphatic carbocycles. The van der Waals surface area contributed by atoms with Crippen molar-refractivity contribution in [2.24, 2.45) is 0 Å². The van der Waals surface area contributed by atoms with Gasteiger partial charge >= 0.3 is 0 Å². The second kappa shape index (κ2) is 8.01. The Bertz CT molecular complexity index is 1370. The van der Waals surface area contributed by atoms with Crippen molar-refractivity contribution in [1.29, 1.82) is 0 Å². The zero-order valence-corrected chi connectivity index (χ0v) is 17.8. The molecule has 0 unspecified atom stereocenters. The molecule has 1 aliphatic rings. The van der Waals surface area contributed by atoms with Crippen molar-refractivity contribution in [3.05, 3.63) is 74.9 Å². The van der Waals surface area contributed by atoms with E-state index in [9.17, 15) is 9.59 Å². The molecule has 3 heterocycles. The highest BCUT2D eigenvalue weighted by Gasteiger charge is 2.22. The number of anilines is 1. The molecule has 5 rings (SSSR count). The molecule has 0 saturated carbocycles. The molecule has 0 bridgehead atoms. The number of nitrogens with one attached hydrogen (secondary N) is 2. The van der Waals surface area contributed by atoms with Crippen LogP contribution in [0.5, 0.6) is 5.75 Å². The second-order valence-electron chi connectivity index (χ2n) is 7.27. The van der Waals surface area contributed by atoms with E-state index in [2.05, 4.69) is 20.4 Å². The van der Waals surface area contributed by atoms with Crippen LogP contribution in [0.4, 0.5) is 5.82 Å². The van der Waals surface area contributed by atoms with Crippen molar-refractivity contribution in [3.63, 3.8) is 0 Å². The van der Waals surface area contributed by atoms with Gasteiger partial charge in [0.1, 0.15) is 17.3 Å². The quantitative estimate of drug-likeness (QED) is 0.479. The summed E-state index contributed by atoms with van der Waals surface area (Å²) in [5.74, 6) is 0.919. The van der Waals surface area contributed by atoms with Crippen LogP contribution in [-0.2, 0) is 12.8 Å². The lowest BCUT2D eigenvalue weighted by Gasteiger charge is -2.11. The van der Waals surface area contributed by atoms with Crippen LogP contribution < -0.4 is 15.6 Å². The number of rotatable bonds is 5. The van der Waals surface area contributed by atoms with Crippen molar-refractivity contribution < 1.29 is 13.9 Å². The van der Waals surface area contributed by atoms with Crippen LogP contribution >= 0.6 is 11.6 Å². The first-order valence-electron chi connectivity index (χ1n) is 9.95. The molecule has 1 aromatic carbocycles. The van der Waals surface area contributed by atoms with Crippen LogP contribution in [-0.4, -0.2) is 32.8 Å². The lowest BCUT2D eigenvalue weighted by atomic mass is 10.2. The number of fused-ring (bicyclic) bond motifs is 1. The van der Waals surface area contributed by atoms with Gasteiger partial charge in [0.2, 0.25) is 5.95 Å². The molecule has 162 valence electrons. The van der Waals surface area contributed by atoms with Gasteiger partial charge in [-0.2, -0.15) is 9.78 Å². The molecule has 3 aromatic heterocycles. The molecule has 0 fully saturated rings. The van der Waals surface area contributed by atoms with E-state index in [1.807, 2.05) is 0 Å². The molecule has 9 nitrogen and oxygen atoms in total. The summed E-state index contributed by atoms with van der Waals surface area (Å²) in [6, 6.07) is 9.88. The van der Waals surface area contributed by atoms with E-state index >= 15 is 0 Å². The summed E-state index contributed by atoms with van der Waals surface area (Å²) >= 11 is 6.08. The van der Waals surface area contributed by atoms with Gasteiger partial charge < -0.3 is 14.5 Å². The Balaban J connectivity index is 1.59. The third kappa shape index (κ3) is 3.56. The zero-order valence-electron chi connectivity index (χ0n) is 17.0. The number of nitrogens with zero attached hydrogens (tertiary/aromatic N) is 3. The topological polar surface area (TPSA) is 115 Å². The van der Waals surface area contributed by atoms with Crippen LogP contribution in [0.1, 0.15) is 28.0 Å². The molecule has 4 aromatic rings. The van der Waals surface area contributed by atoms with Gasteiger partial charge in [0.15, 0.2) is 5.76 Å². The number of carbonyl (C=O) groups excluding carboxylic acids is 1. The number of methoxy groups -OCH3 is 1. The van der Waals surface area contributed by atoms with Gasteiger partial charge in [0, 0.05) is 16.7 Å². The number of halogens is 1. The molecule has 0 spiro atoms. The first-order chi connectivity index (χ1) is 15.5. The average molecular weight is 452 g/mol. The van der Waals surface area contributed by atoms with E-state index in [1.165, 1.54) is 24.1 Å². The van der Waals surface area contributed by atoms with Gasteiger partial charge in [0.25, 0.3) is 11.5 Å². The highest BCUT2D eigenvalue weighted by Crippen LogP contribution is 2.27. The van der Waals surface area contributed by atoms with Crippen molar-refractivity contribution >= 4 is 23.3 Å². The Hall–Kier alpha value is -3.85. The normalized spacial score (nSPS) is 12.6. The number of furan rings is 1. The van der Waals surface area contributed by atoms with Crippen molar-refractivity contribution in [2.45, 2.75) is 19.3 Å². The monoisotopic (exact) mass is 451 g/mol. The summed E-state index contributed by atoms with van der Waals surface area (Å²) in [7, 11) is 1.47. The van der Waals surface area contributed by atoms with Crippen LogP contribution in [0, 0.1) is 0 Å². The maximum atomic E-state index is 13.1. The van der Waals surface area contributed by atoms with Crippen molar-refractivity contribution in [1.82, 2.24) is 19.7 Å². The Morgan fingerprint density at radius 2 is 2.16 bits per heavy atom. The Kier molecular flexibility index (Phi) is 5.02. The SMILES string of the molecule is COc1ccc(Cl)cc1C(=O)Nc1cc(-c2ccco2)nn1-c1nc2c(c(=O)[nH]1)CCC2. The summed E-state index contributed by atoms with van der Waals surface area (Å²) in [5, 5.41) is 7.72. The summed E-state index contributed by atoms with van der Waals surface area (Å²) < 4.78 is 12.1. The van der Waals surface area contributed by atoms with Crippen molar-refractivity contribution in [2.75, 3.05) is 12.4 Å². The Morgan fingerprint density at radius 1 is 1.28 bits per heavy atom. The van der Waals surface area contributed by atoms with Gasteiger partial charge in [0.05, 0.1) is 24.6 Å². The van der Waals surface area contributed by atoms with Gasteiger partial charge in [-0.05, 0) is 49.6 Å². The first-order valence-corrected chi connectivity index (χ1v) is 10.3. The summed E-state index contributed by atoms with van der Waals surface area (Å²) in [6.07, 6.45) is 3.83. The number of aromatic nitrogens is 4. The average Bonchev–Trinajstić information content (AvgIpc) is 3.54. The number of ether oxygens (including phenoxy) is 1. The number of benzene rings is 1. The van der Waals surface area contributed by atoms with Gasteiger partial charge in [-0.25, -0.2) is 4.98 Å². The molecule has 2 N–H and O–H groups in total. The highest BCUT2D eigenvalue weighted by atomic mass is 35.5. The number of carbonyl (C=O) groups is 1. The zero-order chi connectivity index (χ0) is 22.2. The van der Waals surface area contributed by atoms with Gasteiger partial charge in [-0.3, -0.25) is 14.6 Å².